The third-order valence-corrected chi connectivity index (χ3v) is 6.84. The van der Waals surface area contributed by atoms with Gasteiger partial charge in [0.1, 0.15) is 0 Å². The molecule has 0 saturated carbocycles. The third-order valence-electron chi connectivity index (χ3n) is 5.71. The number of anilines is 1. The van der Waals surface area contributed by atoms with E-state index in [0.717, 1.165) is 51.1 Å². The molecule has 0 radical (unpaired) electrons. The molecule has 0 unspecified atom stereocenters. The Bertz CT molecular complexity index is 1260. The van der Waals surface area contributed by atoms with Crippen molar-refractivity contribution in [3.8, 4) is 10.6 Å². The average molecular weight is 452 g/mol. The largest absolute Gasteiger partial charge is 0.368 e. The fourth-order valence-corrected chi connectivity index (χ4v) is 5.05. The molecule has 0 bridgehead atoms. The van der Waals surface area contributed by atoms with Gasteiger partial charge < -0.3 is 9.80 Å². The van der Waals surface area contributed by atoms with Gasteiger partial charge in [-0.1, -0.05) is 23.7 Å². The Kier molecular flexibility index (Phi) is 5.16. The second-order valence-corrected chi connectivity index (χ2v) is 9.08. The fourth-order valence-electron chi connectivity index (χ4n) is 4.17. The van der Waals surface area contributed by atoms with Gasteiger partial charge in [0.15, 0.2) is 5.65 Å². The topological polar surface area (TPSA) is 54.3 Å². The van der Waals surface area contributed by atoms with E-state index in [1.807, 2.05) is 60.6 Å². The van der Waals surface area contributed by atoms with Crippen molar-refractivity contribution in [3.63, 3.8) is 0 Å². The number of aromatic nitrogens is 3. The van der Waals surface area contributed by atoms with Gasteiger partial charge in [-0.2, -0.15) is 5.10 Å². The Morgan fingerprint density at radius 1 is 1.10 bits per heavy atom. The standard InChI is InChI=1S/C23H22ClN5OS/c1-15-21-18(14-19(20-7-4-12-31-20)25-22(21)27(2)26-15)23(30)29-10-8-28(9-11-29)17-6-3-5-16(24)13-17/h3-7,12-14H,8-11H2,1-2H3. The number of benzene rings is 1. The Labute approximate surface area is 189 Å². The Balaban J connectivity index is 1.46. The number of hydrogen-bond donors (Lipinski definition) is 0. The van der Waals surface area contributed by atoms with E-state index >= 15 is 0 Å². The van der Waals surface area contributed by atoms with Gasteiger partial charge >= 0.3 is 0 Å². The number of amides is 1. The van der Waals surface area contributed by atoms with E-state index in [4.69, 9.17) is 16.6 Å². The van der Waals surface area contributed by atoms with Crippen LogP contribution in [0, 0.1) is 6.92 Å². The highest BCUT2D eigenvalue weighted by molar-refractivity contribution is 7.13. The van der Waals surface area contributed by atoms with Crippen LogP contribution in [0.2, 0.25) is 5.02 Å². The average Bonchev–Trinajstić information content (AvgIpc) is 3.41. The van der Waals surface area contributed by atoms with Crippen molar-refractivity contribution >= 4 is 45.6 Å². The van der Waals surface area contributed by atoms with Crippen LogP contribution in [0.5, 0.6) is 0 Å². The van der Waals surface area contributed by atoms with E-state index in [-0.39, 0.29) is 5.91 Å². The fraction of sp³-hybridized carbons (Fsp3) is 0.261. The minimum atomic E-state index is 0.0343. The zero-order chi connectivity index (χ0) is 21.5. The first-order valence-corrected chi connectivity index (χ1v) is 11.4. The van der Waals surface area contributed by atoms with E-state index in [1.165, 1.54) is 0 Å². The molecule has 0 spiro atoms. The van der Waals surface area contributed by atoms with Gasteiger partial charge in [0, 0.05) is 43.9 Å². The number of nitrogens with zero attached hydrogens (tertiary/aromatic N) is 5. The van der Waals surface area contributed by atoms with Crippen LogP contribution in [0.3, 0.4) is 0 Å². The number of thiophene rings is 1. The molecule has 5 rings (SSSR count). The number of aryl methyl sites for hydroxylation is 2. The van der Waals surface area contributed by atoms with Gasteiger partial charge in [-0.05, 0) is 42.6 Å². The molecule has 31 heavy (non-hydrogen) atoms. The van der Waals surface area contributed by atoms with Crippen molar-refractivity contribution in [2.75, 3.05) is 31.1 Å². The van der Waals surface area contributed by atoms with Gasteiger partial charge in [0.2, 0.25) is 0 Å². The van der Waals surface area contributed by atoms with Crippen LogP contribution in [0.25, 0.3) is 21.6 Å². The maximum absolute atomic E-state index is 13.6. The van der Waals surface area contributed by atoms with Crippen molar-refractivity contribution in [1.29, 1.82) is 0 Å². The summed E-state index contributed by atoms with van der Waals surface area (Å²) in [6, 6.07) is 13.8. The molecular weight excluding hydrogens is 430 g/mol. The lowest BCUT2D eigenvalue weighted by Gasteiger charge is -2.36. The molecule has 1 amide bonds. The highest BCUT2D eigenvalue weighted by Gasteiger charge is 2.26. The number of hydrogen-bond acceptors (Lipinski definition) is 5. The van der Waals surface area contributed by atoms with E-state index in [1.54, 1.807) is 16.0 Å². The molecule has 4 aromatic rings. The Morgan fingerprint density at radius 2 is 1.90 bits per heavy atom. The molecule has 6 nitrogen and oxygen atoms in total. The van der Waals surface area contributed by atoms with Gasteiger partial charge in [-0.3, -0.25) is 9.48 Å². The number of piperazine rings is 1. The Morgan fingerprint density at radius 3 is 2.61 bits per heavy atom. The highest BCUT2D eigenvalue weighted by Crippen LogP contribution is 2.30. The Hall–Kier alpha value is -2.90. The molecule has 1 aliphatic rings. The molecule has 3 aromatic heterocycles. The molecule has 1 aliphatic heterocycles. The van der Waals surface area contributed by atoms with E-state index in [9.17, 15) is 4.79 Å². The summed E-state index contributed by atoms with van der Waals surface area (Å²) in [7, 11) is 1.87. The number of carbonyl (C=O) groups is 1. The second-order valence-electron chi connectivity index (χ2n) is 7.70. The molecule has 4 heterocycles. The lowest BCUT2D eigenvalue weighted by molar-refractivity contribution is 0.0748. The molecule has 0 aliphatic carbocycles. The van der Waals surface area contributed by atoms with Crippen LogP contribution in [0.1, 0.15) is 16.1 Å². The van der Waals surface area contributed by atoms with Gasteiger partial charge in [0.05, 0.1) is 27.2 Å². The number of fused-ring (bicyclic) bond motifs is 1. The zero-order valence-electron chi connectivity index (χ0n) is 17.4. The molecule has 1 fully saturated rings. The molecule has 1 saturated heterocycles. The number of halogens is 1. The maximum atomic E-state index is 13.6. The molecule has 0 N–H and O–H groups in total. The molecule has 1 aromatic carbocycles. The van der Waals surface area contributed by atoms with Crippen molar-refractivity contribution in [1.82, 2.24) is 19.7 Å². The lowest BCUT2D eigenvalue weighted by atomic mass is 10.1. The minimum absolute atomic E-state index is 0.0343. The van der Waals surface area contributed by atoms with Crippen LogP contribution >= 0.6 is 22.9 Å². The van der Waals surface area contributed by atoms with Crippen LogP contribution in [-0.4, -0.2) is 51.8 Å². The summed E-state index contributed by atoms with van der Waals surface area (Å²) in [4.78, 5) is 23.7. The summed E-state index contributed by atoms with van der Waals surface area (Å²) in [5, 5.41) is 8.11. The first kappa shape index (κ1) is 20.0. The summed E-state index contributed by atoms with van der Waals surface area (Å²) >= 11 is 7.77. The first-order chi connectivity index (χ1) is 15.0. The monoisotopic (exact) mass is 451 g/mol. The summed E-state index contributed by atoms with van der Waals surface area (Å²) in [5.74, 6) is 0.0343. The zero-order valence-corrected chi connectivity index (χ0v) is 19.0. The second kappa shape index (κ2) is 7.98. The first-order valence-electron chi connectivity index (χ1n) is 10.2. The molecule has 0 atom stereocenters. The summed E-state index contributed by atoms with van der Waals surface area (Å²) in [5.41, 5.74) is 4.14. The van der Waals surface area contributed by atoms with Gasteiger partial charge in [0.25, 0.3) is 5.91 Å². The van der Waals surface area contributed by atoms with Crippen molar-refractivity contribution in [2.24, 2.45) is 7.05 Å². The van der Waals surface area contributed by atoms with Crippen LogP contribution in [0.15, 0.2) is 47.8 Å². The summed E-state index contributed by atoms with van der Waals surface area (Å²) in [6.45, 7) is 4.78. The van der Waals surface area contributed by atoms with Gasteiger partial charge in [-0.15, -0.1) is 11.3 Å². The predicted octanol–water partition coefficient (Wildman–Crippen LogP) is 4.62. The van der Waals surface area contributed by atoms with Crippen LogP contribution < -0.4 is 4.90 Å². The van der Waals surface area contributed by atoms with Crippen molar-refractivity contribution in [2.45, 2.75) is 6.92 Å². The minimum Gasteiger partial charge on any atom is -0.368 e. The van der Waals surface area contributed by atoms with Crippen molar-refractivity contribution < 1.29 is 4.79 Å². The normalized spacial score (nSPS) is 14.4. The quantitative estimate of drug-likeness (QED) is 0.456. The summed E-state index contributed by atoms with van der Waals surface area (Å²) in [6.07, 6.45) is 0. The lowest BCUT2D eigenvalue weighted by Crippen LogP contribution is -2.48. The maximum Gasteiger partial charge on any atom is 0.254 e. The molecule has 8 heteroatoms. The van der Waals surface area contributed by atoms with Gasteiger partial charge in [-0.25, -0.2) is 4.98 Å². The SMILES string of the molecule is Cc1nn(C)c2nc(-c3cccs3)cc(C(=O)N3CCN(c4cccc(Cl)c4)CC3)c12. The van der Waals surface area contributed by atoms with E-state index < -0.39 is 0 Å². The summed E-state index contributed by atoms with van der Waals surface area (Å²) < 4.78 is 1.76. The third kappa shape index (κ3) is 3.68. The van der Waals surface area contributed by atoms with Crippen LogP contribution in [-0.2, 0) is 7.05 Å². The molecular formula is C23H22ClN5OS. The highest BCUT2D eigenvalue weighted by atomic mass is 35.5. The predicted molar refractivity (Wildman–Crippen MR) is 126 cm³/mol. The number of carbonyl (C=O) groups excluding carboxylic acids is 1. The molecule has 158 valence electrons. The van der Waals surface area contributed by atoms with E-state index in [2.05, 4.69) is 16.1 Å². The van der Waals surface area contributed by atoms with Crippen LogP contribution in [0.4, 0.5) is 5.69 Å². The van der Waals surface area contributed by atoms with Crippen molar-refractivity contribution in [3.05, 3.63) is 64.1 Å². The smallest absolute Gasteiger partial charge is 0.254 e. The van der Waals surface area contributed by atoms with E-state index in [0.29, 0.717) is 18.7 Å². The number of pyridine rings is 1. The number of rotatable bonds is 3.